The Morgan fingerprint density at radius 1 is 1.58 bits per heavy atom. The molecule has 0 heterocycles. The minimum atomic E-state index is -0.441. The number of aldehydes is 1. The van der Waals surface area contributed by atoms with Crippen LogP contribution in [0.15, 0.2) is 22.7 Å². The number of ether oxygens (including phenoxy) is 1. The Hall–Kier alpha value is -0.870. The number of para-hydroxylation sites is 1. The second-order valence-corrected chi connectivity index (χ2v) is 2.90. The summed E-state index contributed by atoms with van der Waals surface area (Å²) < 4.78 is 5.49. The fourth-order valence-corrected chi connectivity index (χ4v) is 1.33. The summed E-state index contributed by atoms with van der Waals surface area (Å²) in [7, 11) is 0. The van der Waals surface area contributed by atoms with Crippen LogP contribution in [-0.4, -0.2) is 18.2 Å². The van der Waals surface area contributed by atoms with Crippen molar-refractivity contribution in [2.24, 2.45) is 0 Å². The van der Waals surface area contributed by atoms with Gasteiger partial charge in [-0.15, -0.1) is 0 Å². The van der Waals surface area contributed by atoms with Crippen molar-refractivity contribution in [1.82, 2.24) is 0 Å². The van der Waals surface area contributed by atoms with Crippen LogP contribution in [0.5, 0.6) is 5.75 Å². The average Bonchev–Trinajstić information content (AvgIpc) is 2.09. The van der Waals surface area contributed by atoms with Crippen molar-refractivity contribution in [3.05, 3.63) is 28.2 Å². The Kier molecular flexibility index (Phi) is 3.25. The molecule has 0 bridgehead atoms. The van der Waals surface area contributed by atoms with Crippen LogP contribution >= 0.6 is 15.9 Å². The molecule has 4 heteroatoms. The number of halogens is 1. The minimum absolute atomic E-state index is 0.370. The highest BCUT2D eigenvalue weighted by Crippen LogP contribution is 2.27. The van der Waals surface area contributed by atoms with Gasteiger partial charge in [-0.1, -0.05) is 6.07 Å². The molecule has 0 fully saturated rings. The predicted molar refractivity (Wildman–Crippen MR) is 47.2 cm³/mol. The SMILES string of the molecule is O=Cc1cccc(Br)c1OCO. The molecule has 0 aliphatic carbocycles. The van der Waals surface area contributed by atoms with E-state index in [0.717, 1.165) is 0 Å². The molecule has 1 rings (SSSR count). The van der Waals surface area contributed by atoms with Gasteiger partial charge in [0.05, 0.1) is 10.0 Å². The molecule has 0 spiro atoms. The zero-order chi connectivity index (χ0) is 8.97. The third-order valence-corrected chi connectivity index (χ3v) is 1.96. The van der Waals surface area contributed by atoms with E-state index in [1.165, 1.54) is 0 Å². The molecular formula is C8H7BrO3. The molecule has 64 valence electrons. The summed E-state index contributed by atoms with van der Waals surface area (Å²) in [6, 6.07) is 5.07. The van der Waals surface area contributed by atoms with Gasteiger partial charge in [0, 0.05) is 0 Å². The molecular weight excluding hydrogens is 224 g/mol. The number of aliphatic hydroxyl groups is 1. The van der Waals surface area contributed by atoms with Gasteiger partial charge in [0.15, 0.2) is 13.1 Å². The zero-order valence-corrected chi connectivity index (χ0v) is 7.74. The van der Waals surface area contributed by atoms with E-state index in [4.69, 9.17) is 9.84 Å². The predicted octanol–water partition coefficient (Wildman–Crippen LogP) is 1.59. The summed E-state index contributed by atoms with van der Waals surface area (Å²) in [4.78, 5) is 10.5. The van der Waals surface area contributed by atoms with Gasteiger partial charge in [-0.25, -0.2) is 0 Å². The molecule has 0 saturated heterocycles. The zero-order valence-electron chi connectivity index (χ0n) is 6.16. The topological polar surface area (TPSA) is 46.5 Å². The van der Waals surface area contributed by atoms with Crippen molar-refractivity contribution < 1.29 is 14.6 Å². The molecule has 0 amide bonds. The molecule has 1 N–H and O–H groups in total. The fourth-order valence-electron chi connectivity index (χ4n) is 0.835. The Labute approximate surface area is 78.1 Å². The van der Waals surface area contributed by atoms with Gasteiger partial charge in [0.1, 0.15) is 5.75 Å². The van der Waals surface area contributed by atoms with Gasteiger partial charge in [0.25, 0.3) is 0 Å². The highest BCUT2D eigenvalue weighted by molar-refractivity contribution is 9.10. The molecule has 0 saturated carbocycles. The van der Waals surface area contributed by atoms with E-state index >= 15 is 0 Å². The summed E-state index contributed by atoms with van der Waals surface area (Å²) >= 11 is 3.19. The number of benzene rings is 1. The molecule has 0 aromatic heterocycles. The standard InChI is InChI=1S/C8H7BrO3/c9-7-3-1-2-6(4-10)8(7)12-5-11/h1-4,11H,5H2. The number of aliphatic hydroxyl groups excluding tert-OH is 1. The summed E-state index contributed by atoms with van der Waals surface area (Å²) in [5.74, 6) is 0.370. The maximum atomic E-state index is 10.5. The monoisotopic (exact) mass is 230 g/mol. The van der Waals surface area contributed by atoms with Crippen LogP contribution in [0.25, 0.3) is 0 Å². The molecule has 0 atom stereocenters. The van der Waals surface area contributed by atoms with E-state index in [1.807, 2.05) is 0 Å². The fraction of sp³-hybridized carbons (Fsp3) is 0.125. The van der Waals surface area contributed by atoms with Crippen LogP contribution in [0.1, 0.15) is 10.4 Å². The number of hydrogen-bond acceptors (Lipinski definition) is 3. The minimum Gasteiger partial charge on any atom is -0.466 e. The van der Waals surface area contributed by atoms with Crippen LogP contribution in [0.4, 0.5) is 0 Å². The van der Waals surface area contributed by atoms with Crippen LogP contribution in [0.2, 0.25) is 0 Å². The first-order valence-corrected chi connectivity index (χ1v) is 4.06. The van der Waals surface area contributed by atoms with Crippen LogP contribution in [0.3, 0.4) is 0 Å². The summed E-state index contributed by atoms with van der Waals surface area (Å²) in [5.41, 5.74) is 0.415. The normalized spacial score (nSPS) is 9.50. The van der Waals surface area contributed by atoms with Gasteiger partial charge < -0.3 is 9.84 Å². The second-order valence-electron chi connectivity index (χ2n) is 2.05. The first-order valence-electron chi connectivity index (χ1n) is 3.27. The lowest BCUT2D eigenvalue weighted by Crippen LogP contribution is -1.98. The van der Waals surface area contributed by atoms with Crippen LogP contribution < -0.4 is 4.74 Å². The highest BCUT2D eigenvalue weighted by Gasteiger charge is 2.05. The highest BCUT2D eigenvalue weighted by atomic mass is 79.9. The number of carbonyl (C=O) groups is 1. The summed E-state index contributed by atoms with van der Waals surface area (Å²) in [6.45, 7) is -0.441. The van der Waals surface area contributed by atoms with Crippen LogP contribution in [-0.2, 0) is 0 Å². The van der Waals surface area contributed by atoms with E-state index < -0.39 is 6.79 Å². The Balaban J connectivity index is 3.10. The lowest BCUT2D eigenvalue weighted by Gasteiger charge is -2.06. The maximum absolute atomic E-state index is 10.5. The van der Waals surface area contributed by atoms with Crippen LogP contribution in [0, 0.1) is 0 Å². The summed E-state index contributed by atoms with van der Waals surface area (Å²) in [5, 5.41) is 8.51. The third-order valence-electron chi connectivity index (χ3n) is 1.33. The van der Waals surface area contributed by atoms with Gasteiger partial charge in [0.2, 0.25) is 0 Å². The van der Waals surface area contributed by atoms with E-state index in [-0.39, 0.29) is 0 Å². The van der Waals surface area contributed by atoms with Crippen molar-refractivity contribution in [3.63, 3.8) is 0 Å². The molecule has 0 aliphatic heterocycles. The Bertz CT molecular complexity index is 286. The Morgan fingerprint density at radius 3 is 2.92 bits per heavy atom. The van der Waals surface area contributed by atoms with Gasteiger partial charge in [-0.3, -0.25) is 4.79 Å². The lowest BCUT2D eigenvalue weighted by atomic mass is 10.2. The largest absolute Gasteiger partial charge is 0.466 e. The van der Waals surface area contributed by atoms with Gasteiger partial charge >= 0.3 is 0 Å². The lowest BCUT2D eigenvalue weighted by molar-refractivity contribution is 0.0952. The molecule has 0 aliphatic rings. The van der Waals surface area contributed by atoms with Crippen molar-refractivity contribution in [2.75, 3.05) is 6.79 Å². The van der Waals surface area contributed by atoms with E-state index in [2.05, 4.69) is 15.9 Å². The third kappa shape index (κ3) is 1.84. The van der Waals surface area contributed by atoms with E-state index in [0.29, 0.717) is 22.1 Å². The molecule has 1 aromatic carbocycles. The number of carbonyl (C=O) groups excluding carboxylic acids is 1. The Morgan fingerprint density at radius 2 is 2.33 bits per heavy atom. The van der Waals surface area contributed by atoms with Crippen molar-refractivity contribution in [1.29, 1.82) is 0 Å². The molecule has 0 unspecified atom stereocenters. The first kappa shape index (κ1) is 9.22. The number of rotatable bonds is 3. The second kappa shape index (κ2) is 4.23. The molecule has 0 radical (unpaired) electrons. The molecule has 3 nitrogen and oxygen atoms in total. The van der Waals surface area contributed by atoms with Crippen molar-refractivity contribution >= 4 is 22.2 Å². The average molecular weight is 231 g/mol. The van der Waals surface area contributed by atoms with Gasteiger partial charge in [-0.05, 0) is 28.1 Å². The van der Waals surface area contributed by atoms with Crippen molar-refractivity contribution in [2.45, 2.75) is 0 Å². The van der Waals surface area contributed by atoms with Crippen molar-refractivity contribution in [3.8, 4) is 5.75 Å². The molecule has 1 aromatic rings. The van der Waals surface area contributed by atoms with E-state index in [9.17, 15) is 4.79 Å². The van der Waals surface area contributed by atoms with Gasteiger partial charge in [-0.2, -0.15) is 0 Å². The summed E-state index contributed by atoms with van der Waals surface area (Å²) in [6.07, 6.45) is 0.676. The molecule has 12 heavy (non-hydrogen) atoms. The maximum Gasteiger partial charge on any atom is 0.186 e. The quantitative estimate of drug-likeness (QED) is 0.634. The van der Waals surface area contributed by atoms with E-state index in [1.54, 1.807) is 18.2 Å². The first-order chi connectivity index (χ1) is 5.79. The smallest absolute Gasteiger partial charge is 0.186 e. The number of hydrogen-bond donors (Lipinski definition) is 1.